The van der Waals surface area contributed by atoms with Crippen molar-refractivity contribution in [2.45, 2.75) is 32.6 Å². The van der Waals surface area contributed by atoms with Crippen LogP contribution in [0.5, 0.6) is 11.5 Å². The summed E-state index contributed by atoms with van der Waals surface area (Å²) in [5.74, 6) is -1.16. The Labute approximate surface area is 136 Å². The third-order valence-corrected chi connectivity index (χ3v) is 4.28. The molecular formula is C19H24F2O2. The molecule has 2 nitrogen and oxygen atoms in total. The smallest absolute Gasteiger partial charge is 0.204 e. The second-order valence-electron chi connectivity index (χ2n) is 5.90. The monoisotopic (exact) mass is 322 g/mol. The van der Waals surface area contributed by atoms with Crippen molar-refractivity contribution in [1.82, 2.24) is 0 Å². The van der Waals surface area contributed by atoms with E-state index in [0.717, 1.165) is 25.7 Å². The summed E-state index contributed by atoms with van der Waals surface area (Å²) >= 11 is 0. The molecular weight excluding hydrogens is 298 g/mol. The van der Waals surface area contributed by atoms with Gasteiger partial charge in [-0.25, -0.2) is 0 Å². The summed E-state index contributed by atoms with van der Waals surface area (Å²) in [6.45, 7) is 6.28. The summed E-state index contributed by atoms with van der Waals surface area (Å²) in [7, 11) is 0. The molecule has 1 aromatic carbocycles. The third kappa shape index (κ3) is 4.81. The lowest BCUT2D eigenvalue weighted by Crippen LogP contribution is -2.19. The Kier molecular flexibility index (Phi) is 6.63. The summed E-state index contributed by atoms with van der Waals surface area (Å²) < 4.78 is 38.6. The van der Waals surface area contributed by atoms with E-state index >= 15 is 0 Å². The van der Waals surface area contributed by atoms with Crippen molar-refractivity contribution >= 4 is 0 Å². The van der Waals surface area contributed by atoms with Crippen molar-refractivity contribution in [3.63, 3.8) is 0 Å². The van der Waals surface area contributed by atoms with Crippen LogP contribution in [0, 0.1) is 23.5 Å². The highest BCUT2D eigenvalue weighted by Crippen LogP contribution is 2.31. The van der Waals surface area contributed by atoms with E-state index in [2.05, 4.69) is 6.58 Å². The van der Waals surface area contributed by atoms with E-state index in [4.69, 9.17) is 9.47 Å². The Hall–Kier alpha value is -1.84. The lowest BCUT2D eigenvalue weighted by Gasteiger charge is -2.26. The average molecular weight is 322 g/mol. The van der Waals surface area contributed by atoms with Gasteiger partial charge in [0.05, 0.1) is 6.61 Å². The van der Waals surface area contributed by atoms with E-state index in [9.17, 15) is 8.78 Å². The minimum atomic E-state index is -0.998. The van der Waals surface area contributed by atoms with E-state index in [0.29, 0.717) is 18.4 Å². The average Bonchev–Trinajstić information content (AvgIpc) is 2.58. The molecule has 1 aromatic rings. The fourth-order valence-electron chi connectivity index (χ4n) is 2.77. The van der Waals surface area contributed by atoms with E-state index in [1.807, 2.05) is 13.0 Å². The molecule has 4 heteroatoms. The van der Waals surface area contributed by atoms with Crippen LogP contribution in [0.25, 0.3) is 0 Å². The molecule has 126 valence electrons. The van der Waals surface area contributed by atoms with Crippen LogP contribution in [-0.2, 0) is 0 Å². The van der Waals surface area contributed by atoms with Crippen molar-refractivity contribution < 1.29 is 18.3 Å². The van der Waals surface area contributed by atoms with Gasteiger partial charge in [0.2, 0.25) is 11.6 Å². The summed E-state index contributed by atoms with van der Waals surface area (Å²) in [4.78, 5) is 0. The van der Waals surface area contributed by atoms with Gasteiger partial charge in [-0.05, 0) is 56.6 Å². The summed E-state index contributed by atoms with van der Waals surface area (Å²) in [6, 6.07) is 2.84. The van der Waals surface area contributed by atoms with Crippen LogP contribution in [0.15, 0.2) is 36.9 Å². The molecule has 0 N–H and O–H groups in total. The minimum Gasteiger partial charge on any atom is -0.490 e. The fourth-order valence-corrected chi connectivity index (χ4v) is 2.77. The van der Waals surface area contributed by atoms with Gasteiger partial charge in [0.15, 0.2) is 11.5 Å². The van der Waals surface area contributed by atoms with Crippen molar-refractivity contribution in [2.75, 3.05) is 13.2 Å². The van der Waals surface area contributed by atoms with Gasteiger partial charge in [-0.3, -0.25) is 0 Å². The Balaban J connectivity index is 1.90. The van der Waals surface area contributed by atoms with Crippen LogP contribution in [-0.4, -0.2) is 13.2 Å². The number of benzene rings is 1. The summed E-state index contributed by atoms with van der Waals surface area (Å²) in [6.07, 6.45) is 9.75. The van der Waals surface area contributed by atoms with Gasteiger partial charge < -0.3 is 9.47 Å². The van der Waals surface area contributed by atoms with Crippen molar-refractivity contribution in [3.8, 4) is 11.5 Å². The molecule has 0 spiro atoms. The maximum atomic E-state index is 14.0. The van der Waals surface area contributed by atoms with Crippen LogP contribution in [0.3, 0.4) is 0 Å². The maximum Gasteiger partial charge on any atom is 0.204 e. The Morgan fingerprint density at radius 1 is 1.09 bits per heavy atom. The van der Waals surface area contributed by atoms with Crippen molar-refractivity contribution in [1.29, 1.82) is 0 Å². The number of hydrogen-bond donors (Lipinski definition) is 0. The third-order valence-electron chi connectivity index (χ3n) is 4.28. The molecule has 0 aromatic heterocycles. The van der Waals surface area contributed by atoms with Crippen LogP contribution < -0.4 is 9.47 Å². The molecule has 2 rings (SSSR count). The van der Waals surface area contributed by atoms with Gasteiger partial charge in [-0.2, -0.15) is 8.78 Å². The largest absolute Gasteiger partial charge is 0.490 e. The first-order chi connectivity index (χ1) is 11.2. The SMILES string of the molecule is C=C[C@H]1CC[C@H](COc2ccc(OC/C=C/C)c(F)c2F)CC1. The lowest BCUT2D eigenvalue weighted by atomic mass is 9.82. The number of allylic oxidation sites excluding steroid dienone is 2. The van der Waals surface area contributed by atoms with Crippen LogP contribution in [0.4, 0.5) is 8.78 Å². The zero-order valence-corrected chi connectivity index (χ0v) is 13.6. The number of hydrogen-bond acceptors (Lipinski definition) is 2. The summed E-state index contributed by atoms with van der Waals surface area (Å²) in [5.41, 5.74) is 0. The quantitative estimate of drug-likeness (QED) is 0.635. The standard InChI is InChI=1S/C19H24F2O2/c1-3-5-12-22-16-10-11-17(19(21)18(16)20)23-13-15-8-6-14(4-2)7-9-15/h3-5,10-11,14-15H,2,6-9,12-13H2,1H3/b5-3+/t14-,15-. The fraction of sp³-hybridized carbons (Fsp3) is 0.474. The molecule has 0 unspecified atom stereocenters. The number of halogens is 2. The van der Waals surface area contributed by atoms with Gasteiger partial charge in [-0.15, -0.1) is 6.58 Å². The molecule has 1 saturated carbocycles. The van der Waals surface area contributed by atoms with Gasteiger partial charge >= 0.3 is 0 Å². The van der Waals surface area contributed by atoms with Crippen molar-refractivity contribution in [2.24, 2.45) is 11.8 Å². The highest BCUT2D eigenvalue weighted by molar-refractivity contribution is 5.35. The summed E-state index contributed by atoms with van der Waals surface area (Å²) in [5, 5.41) is 0. The van der Waals surface area contributed by atoms with Crippen LogP contribution in [0.2, 0.25) is 0 Å². The maximum absolute atomic E-state index is 14.0. The van der Waals surface area contributed by atoms with E-state index in [1.54, 1.807) is 12.2 Å². The van der Waals surface area contributed by atoms with E-state index in [1.165, 1.54) is 12.1 Å². The molecule has 0 saturated heterocycles. The van der Waals surface area contributed by atoms with Crippen LogP contribution in [0.1, 0.15) is 32.6 Å². The molecule has 1 fully saturated rings. The first-order valence-corrected chi connectivity index (χ1v) is 8.13. The molecule has 0 heterocycles. The number of rotatable bonds is 7. The second-order valence-corrected chi connectivity index (χ2v) is 5.90. The predicted octanol–water partition coefficient (Wildman–Crippen LogP) is 5.29. The van der Waals surface area contributed by atoms with Gasteiger partial charge in [0.1, 0.15) is 6.61 Å². The van der Waals surface area contributed by atoms with Crippen molar-refractivity contribution in [3.05, 3.63) is 48.6 Å². The Morgan fingerprint density at radius 2 is 1.70 bits per heavy atom. The van der Waals surface area contributed by atoms with E-state index < -0.39 is 11.6 Å². The van der Waals surface area contributed by atoms with Gasteiger partial charge in [0, 0.05) is 0 Å². The predicted molar refractivity (Wildman–Crippen MR) is 87.8 cm³/mol. The van der Waals surface area contributed by atoms with Gasteiger partial charge in [0.25, 0.3) is 0 Å². The first-order valence-electron chi connectivity index (χ1n) is 8.13. The Morgan fingerprint density at radius 3 is 2.26 bits per heavy atom. The zero-order valence-electron chi connectivity index (χ0n) is 13.6. The van der Waals surface area contributed by atoms with E-state index in [-0.39, 0.29) is 18.1 Å². The molecule has 0 bridgehead atoms. The lowest BCUT2D eigenvalue weighted by molar-refractivity contribution is 0.187. The molecule has 0 aliphatic heterocycles. The molecule has 1 aliphatic carbocycles. The highest BCUT2D eigenvalue weighted by Gasteiger charge is 2.21. The Bertz CT molecular complexity index is 547. The number of ether oxygens (including phenoxy) is 2. The minimum absolute atomic E-state index is 0.0493. The zero-order chi connectivity index (χ0) is 16.7. The molecule has 23 heavy (non-hydrogen) atoms. The van der Waals surface area contributed by atoms with Crippen LogP contribution >= 0.6 is 0 Å². The molecule has 0 amide bonds. The normalized spacial score (nSPS) is 21.3. The molecule has 0 radical (unpaired) electrons. The molecule has 0 atom stereocenters. The second kappa shape index (κ2) is 8.70. The van der Waals surface area contributed by atoms with Gasteiger partial charge in [-0.1, -0.05) is 18.2 Å². The topological polar surface area (TPSA) is 18.5 Å². The first kappa shape index (κ1) is 17.5. The highest BCUT2D eigenvalue weighted by atomic mass is 19.2. The molecule has 1 aliphatic rings.